The highest BCUT2D eigenvalue weighted by Crippen LogP contribution is 2.30. The van der Waals surface area contributed by atoms with Crippen molar-refractivity contribution in [3.8, 4) is 0 Å². The highest BCUT2D eigenvalue weighted by Gasteiger charge is 2.43. The van der Waals surface area contributed by atoms with Gasteiger partial charge in [-0.3, -0.25) is 24.1 Å². The molecule has 1 aliphatic heterocycles. The predicted molar refractivity (Wildman–Crippen MR) is 215 cm³/mol. The summed E-state index contributed by atoms with van der Waals surface area (Å²) < 4.78 is 17.0. The minimum Gasteiger partial charge on any atom is -0.467 e. The number of carbonyl (C=O) groups is 5. The molecule has 0 aromatic carbocycles. The molecular weight excluding hydrogens is 702 g/mol. The number of amides is 4. The van der Waals surface area contributed by atoms with Gasteiger partial charge in [0.1, 0.15) is 12.1 Å². The summed E-state index contributed by atoms with van der Waals surface area (Å²) in [4.78, 5) is 73.9. The lowest BCUT2D eigenvalue weighted by atomic mass is 9.89. The molecule has 0 saturated carbocycles. The summed E-state index contributed by atoms with van der Waals surface area (Å²) in [5.41, 5.74) is 0.963. The molecular formula is C42H73N5O8. The van der Waals surface area contributed by atoms with E-state index in [9.17, 15) is 24.0 Å². The Morgan fingerprint density at radius 2 is 1.58 bits per heavy atom. The molecule has 1 fully saturated rings. The Balaban J connectivity index is 2.28. The molecule has 2 N–H and O–H groups in total. The quantitative estimate of drug-likeness (QED) is 0.153. The van der Waals surface area contributed by atoms with Gasteiger partial charge in [-0.05, 0) is 62.6 Å². The molecule has 0 spiro atoms. The van der Waals surface area contributed by atoms with Crippen LogP contribution in [0.1, 0.15) is 100 Å². The van der Waals surface area contributed by atoms with Crippen molar-refractivity contribution >= 4 is 29.6 Å². The number of methoxy groups -OCH3 is 3. The molecule has 4 amide bonds. The molecule has 0 radical (unpaired) electrons. The van der Waals surface area contributed by atoms with Crippen LogP contribution in [-0.2, 0) is 38.2 Å². The molecule has 1 saturated heterocycles. The van der Waals surface area contributed by atoms with Gasteiger partial charge in [-0.15, -0.1) is 0 Å². The van der Waals surface area contributed by atoms with Gasteiger partial charge in [-0.25, -0.2) is 4.79 Å². The second-order valence-electron chi connectivity index (χ2n) is 16.1. The normalized spacial score (nSPS) is 20.3. The number of rotatable bonds is 22. The first-order valence-electron chi connectivity index (χ1n) is 20.3. The minimum absolute atomic E-state index is 0.0130. The van der Waals surface area contributed by atoms with Crippen LogP contribution in [0.4, 0.5) is 0 Å². The van der Waals surface area contributed by atoms with E-state index in [2.05, 4.69) is 16.7 Å². The fraction of sp³-hybridized carbons (Fsp3) is 0.786. The predicted octanol–water partition coefficient (Wildman–Crippen LogP) is 4.35. The maximum Gasteiger partial charge on any atom is 0.328 e. The first-order valence-corrected chi connectivity index (χ1v) is 20.3. The van der Waals surface area contributed by atoms with Gasteiger partial charge in [0, 0.05) is 34.2 Å². The van der Waals surface area contributed by atoms with Crippen molar-refractivity contribution in [2.24, 2.45) is 23.7 Å². The Bertz CT molecular complexity index is 1330. The van der Waals surface area contributed by atoms with E-state index in [-0.39, 0.29) is 59.9 Å². The molecule has 1 heterocycles. The number of allylic oxidation sites excluding steroid dienone is 3. The van der Waals surface area contributed by atoms with Crippen molar-refractivity contribution in [1.82, 2.24) is 25.3 Å². The molecule has 0 bridgehead atoms. The Morgan fingerprint density at radius 3 is 2.09 bits per heavy atom. The number of hydrogen-bond acceptors (Lipinski definition) is 9. The summed E-state index contributed by atoms with van der Waals surface area (Å²) in [6.45, 7) is 16.9. The molecule has 2 aliphatic rings. The highest BCUT2D eigenvalue weighted by atomic mass is 16.5. The summed E-state index contributed by atoms with van der Waals surface area (Å²) >= 11 is 0. The molecule has 13 nitrogen and oxygen atoms in total. The van der Waals surface area contributed by atoms with Gasteiger partial charge in [0.15, 0.2) is 0 Å². The number of likely N-dealkylation sites (tertiary alicyclic amines) is 1. The average Bonchev–Trinajstić information content (AvgIpc) is 3.65. The lowest BCUT2D eigenvalue weighted by Gasteiger charge is -2.41. The molecule has 9 atom stereocenters. The van der Waals surface area contributed by atoms with Crippen LogP contribution in [0.5, 0.6) is 0 Å². The lowest BCUT2D eigenvalue weighted by molar-refractivity contribution is -0.149. The first-order chi connectivity index (χ1) is 26.0. The van der Waals surface area contributed by atoms with Crippen molar-refractivity contribution in [1.29, 1.82) is 0 Å². The molecule has 0 aromatic heterocycles. The van der Waals surface area contributed by atoms with E-state index in [0.717, 1.165) is 31.3 Å². The molecule has 2 rings (SSSR count). The van der Waals surface area contributed by atoms with Crippen molar-refractivity contribution in [2.75, 3.05) is 48.5 Å². The molecule has 8 unspecified atom stereocenters. The van der Waals surface area contributed by atoms with Crippen LogP contribution >= 0.6 is 0 Å². The third-order valence-corrected chi connectivity index (χ3v) is 11.7. The maximum atomic E-state index is 14.3. The minimum atomic E-state index is -0.856. The largest absolute Gasteiger partial charge is 0.467 e. The van der Waals surface area contributed by atoms with Gasteiger partial charge >= 0.3 is 5.97 Å². The second-order valence-corrected chi connectivity index (χ2v) is 16.1. The molecule has 314 valence electrons. The summed E-state index contributed by atoms with van der Waals surface area (Å²) in [7, 11) is 8.04. The fourth-order valence-corrected chi connectivity index (χ4v) is 8.18. The van der Waals surface area contributed by atoms with E-state index in [0.29, 0.717) is 25.9 Å². The van der Waals surface area contributed by atoms with Crippen molar-refractivity contribution in [2.45, 2.75) is 143 Å². The lowest BCUT2D eigenvalue weighted by Crippen LogP contribution is -2.60. The topological polar surface area (TPSA) is 147 Å². The molecule has 55 heavy (non-hydrogen) atoms. The van der Waals surface area contributed by atoms with Crippen LogP contribution in [-0.4, -0.2) is 135 Å². The monoisotopic (exact) mass is 776 g/mol. The van der Waals surface area contributed by atoms with E-state index >= 15 is 0 Å². The van der Waals surface area contributed by atoms with Crippen LogP contribution in [0.15, 0.2) is 23.8 Å². The van der Waals surface area contributed by atoms with Crippen LogP contribution in [0, 0.1) is 23.7 Å². The number of likely N-dealkylation sites (N-methyl/N-ethyl adjacent to an activating group) is 2. The van der Waals surface area contributed by atoms with Crippen molar-refractivity contribution < 1.29 is 38.2 Å². The van der Waals surface area contributed by atoms with Crippen LogP contribution in [0.25, 0.3) is 0 Å². The maximum absolute atomic E-state index is 14.3. The summed E-state index contributed by atoms with van der Waals surface area (Å²) in [5.74, 6) is -2.31. The third kappa shape index (κ3) is 12.9. The van der Waals surface area contributed by atoms with Gasteiger partial charge in [0.05, 0.1) is 49.8 Å². The number of hydrogen-bond donors (Lipinski definition) is 2. The Labute approximate surface area is 331 Å². The van der Waals surface area contributed by atoms with Crippen LogP contribution in [0.2, 0.25) is 0 Å². The van der Waals surface area contributed by atoms with E-state index in [1.165, 1.54) is 14.2 Å². The van der Waals surface area contributed by atoms with Gasteiger partial charge in [-0.1, -0.05) is 80.0 Å². The molecule has 1 aliphatic carbocycles. The van der Waals surface area contributed by atoms with Gasteiger partial charge in [0.2, 0.25) is 23.6 Å². The Morgan fingerprint density at radius 1 is 0.909 bits per heavy atom. The van der Waals surface area contributed by atoms with Gasteiger partial charge in [0.25, 0.3) is 0 Å². The molecule has 13 heteroatoms. The fourth-order valence-electron chi connectivity index (χ4n) is 8.18. The van der Waals surface area contributed by atoms with Gasteiger partial charge < -0.3 is 34.6 Å². The van der Waals surface area contributed by atoms with Crippen LogP contribution < -0.4 is 10.6 Å². The van der Waals surface area contributed by atoms with Crippen LogP contribution in [0.3, 0.4) is 0 Å². The Hall–Kier alpha value is -3.29. The van der Waals surface area contributed by atoms with E-state index in [1.807, 2.05) is 72.6 Å². The number of ether oxygens (including phenoxy) is 3. The number of carbonyl (C=O) groups excluding carboxylic acids is 5. The zero-order chi connectivity index (χ0) is 41.6. The summed E-state index contributed by atoms with van der Waals surface area (Å²) in [6.07, 6.45) is 9.07. The number of nitrogens with one attached hydrogen (secondary N) is 2. The van der Waals surface area contributed by atoms with E-state index in [1.54, 1.807) is 30.9 Å². The van der Waals surface area contributed by atoms with E-state index < -0.39 is 42.2 Å². The highest BCUT2D eigenvalue weighted by molar-refractivity contribution is 5.90. The third-order valence-electron chi connectivity index (χ3n) is 11.7. The molecule has 0 aromatic rings. The zero-order valence-corrected chi connectivity index (χ0v) is 36.1. The van der Waals surface area contributed by atoms with Gasteiger partial charge in [-0.2, -0.15) is 0 Å². The smallest absolute Gasteiger partial charge is 0.328 e. The first kappa shape index (κ1) is 47.9. The summed E-state index contributed by atoms with van der Waals surface area (Å²) in [5, 5.41) is 5.95. The van der Waals surface area contributed by atoms with E-state index in [4.69, 9.17) is 14.2 Å². The number of esters is 1. The number of nitrogens with zero attached hydrogens (tertiary/aromatic N) is 3. The Kier molecular flexibility index (Phi) is 20.1. The standard InChI is InChI=1S/C42H73N5O8/c1-14-28(7)37(46(10)41(51)35(26(3)4)44-40(50)36(27(5)6)45(9)15-2)33(53-11)25-34(48)47-23-19-22-32(47)38(54-12)29(8)39(49)43-31(42(52)55-13)24-30-20-17-16-18-21-30/h17,20-21,26-29,31-33,35-38H,14-16,18-19,22-25H2,1-13H3,(H,43,49)(H,44,50)/t28?,29?,31?,32?,33?,35-,36?,37?,38?/m0/s1. The zero-order valence-electron chi connectivity index (χ0n) is 36.1. The van der Waals surface area contributed by atoms with Crippen molar-refractivity contribution in [3.63, 3.8) is 0 Å². The second kappa shape index (κ2) is 23.1. The average molecular weight is 776 g/mol. The van der Waals surface area contributed by atoms with Crippen molar-refractivity contribution in [3.05, 3.63) is 23.8 Å². The SMILES string of the molecule is CCC(C)C(C(CC(=O)N1CCCC1C(OC)C(C)C(=O)NC(CC1=CCCC=C1)C(=O)OC)OC)N(C)C(=O)[C@@H](NC(=O)C(C(C)C)N(C)CC)C(C)C. The summed E-state index contributed by atoms with van der Waals surface area (Å²) in [6, 6.07) is -2.85.